The summed E-state index contributed by atoms with van der Waals surface area (Å²) in [5.41, 5.74) is 3.14. The monoisotopic (exact) mass is 583 g/mol. The Labute approximate surface area is 253 Å². The van der Waals surface area contributed by atoms with Gasteiger partial charge in [-0.05, 0) is 31.2 Å². The van der Waals surface area contributed by atoms with Crippen LogP contribution < -0.4 is 24.8 Å². The molecular weight excluding hydrogens is 542 g/mol. The summed E-state index contributed by atoms with van der Waals surface area (Å²) < 4.78 is 12.3. The number of ether oxygens (including phenoxy) is 2. The van der Waals surface area contributed by atoms with Crippen molar-refractivity contribution in [1.29, 1.82) is 0 Å². The molecule has 5 aliphatic rings. The highest BCUT2D eigenvalue weighted by molar-refractivity contribution is 5.76. The van der Waals surface area contributed by atoms with Crippen molar-refractivity contribution in [2.75, 3.05) is 68.3 Å². The number of fused-ring (bicyclic) bond motifs is 3. The third kappa shape index (κ3) is 5.36. The maximum Gasteiger partial charge on any atom is 0.158 e. The summed E-state index contributed by atoms with van der Waals surface area (Å²) in [5.74, 6) is 3.04. The molecule has 4 aliphatic heterocycles. The Hall–Kier alpha value is -3.60. The zero-order valence-electron chi connectivity index (χ0n) is 24.9. The van der Waals surface area contributed by atoms with Crippen LogP contribution in [0.3, 0.4) is 0 Å². The largest absolute Gasteiger partial charge is 0.494 e. The van der Waals surface area contributed by atoms with Gasteiger partial charge in [0, 0.05) is 69.4 Å². The fraction of sp³-hybridized carbons (Fsp3) is 0.515. The van der Waals surface area contributed by atoms with Gasteiger partial charge in [-0.25, -0.2) is 15.0 Å². The SMILES string of the molecule is COc1cc2c(cc1Nc1cc(N3OCC[C@@H]3c3ccccc3)ncn1)OCC1C[C@@H](N3CCN(C4CC4)CC3)CCN21. The summed E-state index contributed by atoms with van der Waals surface area (Å²) in [6, 6.07) is 18.5. The molecule has 8 rings (SSSR count). The normalized spacial score (nSPS) is 26.0. The maximum absolute atomic E-state index is 6.41. The summed E-state index contributed by atoms with van der Waals surface area (Å²) in [6.07, 6.45) is 7.62. The number of piperidine rings is 1. The van der Waals surface area contributed by atoms with E-state index in [9.17, 15) is 0 Å². The van der Waals surface area contributed by atoms with Gasteiger partial charge in [0.1, 0.15) is 30.3 Å². The molecule has 3 saturated heterocycles. The summed E-state index contributed by atoms with van der Waals surface area (Å²) in [6.45, 7) is 7.27. The number of aromatic nitrogens is 2. The molecule has 3 atom stereocenters. The third-order valence-corrected chi connectivity index (χ3v) is 9.87. The molecular formula is C33H41N7O3. The number of hydroxylamine groups is 1. The first-order valence-electron chi connectivity index (χ1n) is 15.9. The van der Waals surface area contributed by atoms with E-state index in [0.29, 0.717) is 31.1 Å². The minimum atomic E-state index is 0.111. The predicted molar refractivity (Wildman–Crippen MR) is 166 cm³/mol. The first-order valence-corrected chi connectivity index (χ1v) is 15.9. The second-order valence-electron chi connectivity index (χ2n) is 12.4. The second-order valence-corrected chi connectivity index (χ2v) is 12.4. The Balaban J connectivity index is 0.966. The number of benzene rings is 2. The standard InChI is InChI=1S/C33H41N7O3/c1-41-30-19-29-31(42-21-26-17-25(9-11-39(26)29)38-14-12-37(13-15-38)24-7-8-24)18-27(30)36-32-20-33(35-22-34-32)40-28(10-16-43-40)23-5-3-2-4-6-23/h2-6,18-20,22,24-26,28H,7-17,21H2,1H3,(H,34,35,36)/t25-,26?,28+/m0/s1. The van der Waals surface area contributed by atoms with Crippen LogP contribution in [-0.2, 0) is 4.84 Å². The van der Waals surface area contributed by atoms with E-state index in [2.05, 4.69) is 66.4 Å². The number of nitrogens with one attached hydrogen (secondary N) is 1. The number of hydrogen-bond donors (Lipinski definition) is 1. The Bertz CT molecular complexity index is 1430. The van der Waals surface area contributed by atoms with Gasteiger partial charge in [0.2, 0.25) is 0 Å². The van der Waals surface area contributed by atoms with Crippen LogP contribution in [0, 0.1) is 0 Å². The lowest BCUT2D eigenvalue weighted by atomic mass is 9.93. The summed E-state index contributed by atoms with van der Waals surface area (Å²) in [5, 5.41) is 5.36. The van der Waals surface area contributed by atoms with Crippen molar-refractivity contribution >= 4 is 23.0 Å². The number of anilines is 4. The molecule has 1 aromatic heterocycles. The molecule has 226 valence electrons. The molecule has 0 spiro atoms. The van der Waals surface area contributed by atoms with Gasteiger partial charge in [0.25, 0.3) is 0 Å². The van der Waals surface area contributed by atoms with E-state index < -0.39 is 0 Å². The van der Waals surface area contributed by atoms with Crippen molar-refractivity contribution in [3.8, 4) is 11.5 Å². The zero-order chi connectivity index (χ0) is 28.8. The quantitative estimate of drug-likeness (QED) is 0.426. The highest BCUT2D eigenvalue weighted by atomic mass is 16.7. The van der Waals surface area contributed by atoms with Gasteiger partial charge in [0.05, 0.1) is 37.2 Å². The zero-order valence-corrected chi connectivity index (χ0v) is 24.9. The minimum absolute atomic E-state index is 0.111. The van der Waals surface area contributed by atoms with E-state index in [1.54, 1.807) is 13.4 Å². The lowest BCUT2D eigenvalue weighted by Gasteiger charge is -2.48. The lowest BCUT2D eigenvalue weighted by molar-refractivity contribution is 0.0684. The second kappa shape index (κ2) is 11.5. The maximum atomic E-state index is 6.41. The van der Waals surface area contributed by atoms with E-state index in [-0.39, 0.29) is 6.04 Å². The molecule has 0 bridgehead atoms. The molecule has 10 heteroatoms. The van der Waals surface area contributed by atoms with Gasteiger partial charge in [-0.15, -0.1) is 0 Å². The van der Waals surface area contributed by atoms with Gasteiger partial charge >= 0.3 is 0 Å². The molecule has 10 nitrogen and oxygen atoms in total. The summed E-state index contributed by atoms with van der Waals surface area (Å²) in [4.78, 5) is 23.0. The highest BCUT2D eigenvalue weighted by Gasteiger charge is 2.39. The molecule has 2 aromatic carbocycles. The van der Waals surface area contributed by atoms with Crippen LogP contribution in [0.5, 0.6) is 11.5 Å². The molecule has 1 saturated carbocycles. The van der Waals surface area contributed by atoms with Crippen molar-refractivity contribution < 1.29 is 14.3 Å². The van der Waals surface area contributed by atoms with Gasteiger partial charge in [-0.1, -0.05) is 30.3 Å². The van der Waals surface area contributed by atoms with E-state index in [1.165, 1.54) is 51.0 Å². The third-order valence-electron chi connectivity index (χ3n) is 9.87. The Morgan fingerprint density at radius 3 is 2.47 bits per heavy atom. The van der Waals surface area contributed by atoms with Gasteiger partial charge in [-0.3, -0.25) is 14.6 Å². The van der Waals surface area contributed by atoms with Crippen LogP contribution >= 0.6 is 0 Å². The number of methoxy groups -OCH3 is 1. The van der Waals surface area contributed by atoms with Crippen LogP contribution in [0.15, 0.2) is 54.9 Å². The van der Waals surface area contributed by atoms with Crippen molar-refractivity contribution in [1.82, 2.24) is 19.8 Å². The molecule has 1 aliphatic carbocycles. The first kappa shape index (κ1) is 27.0. The smallest absolute Gasteiger partial charge is 0.158 e. The summed E-state index contributed by atoms with van der Waals surface area (Å²) in [7, 11) is 1.72. The Morgan fingerprint density at radius 2 is 1.67 bits per heavy atom. The van der Waals surface area contributed by atoms with E-state index in [1.807, 2.05) is 17.2 Å². The predicted octanol–water partition coefficient (Wildman–Crippen LogP) is 4.62. The van der Waals surface area contributed by atoms with Crippen molar-refractivity contribution in [2.45, 2.75) is 56.3 Å². The van der Waals surface area contributed by atoms with Crippen LogP contribution in [0.2, 0.25) is 0 Å². The van der Waals surface area contributed by atoms with Gasteiger partial charge in [0.15, 0.2) is 5.82 Å². The molecule has 3 aromatic rings. The molecule has 1 unspecified atom stereocenters. The summed E-state index contributed by atoms with van der Waals surface area (Å²) >= 11 is 0. The molecule has 4 fully saturated rings. The molecule has 0 radical (unpaired) electrons. The molecule has 1 N–H and O–H groups in total. The minimum Gasteiger partial charge on any atom is -0.494 e. The van der Waals surface area contributed by atoms with Crippen molar-refractivity contribution in [3.63, 3.8) is 0 Å². The number of rotatable bonds is 7. The molecule has 43 heavy (non-hydrogen) atoms. The van der Waals surface area contributed by atoms with E-state index >= 15 is 0 Å². The average molecular weight is 584 g/mol. The van der Waals surface area contributed by atoms with Crippen molar-refractivity contribution in [2.24, 2.45) is 0 Å². The molecule has 5 heterocycles. The van der Waals surface area contributed by atoms with Crippen LogP contribution in [0.4, 0.5) is 23.0 Å². The number of piperazine rings is 1. The average Bonchev–Trinajstić information content (AvgIpc) is 3.80. The topological polar surface area (TPSA) is 78.5 Å². The van der Waals surface area contributed by atoms with Crippen LogP contribution in [0.25, 0.3) is 0 Å². The first-order chi connectivity index (χ1) is 21.2. The lowest BCUT2D eigenvalue weighted by Crippen LogP contribution is -2.57. The highest BCUT2D eigenvalue weighted by Crippen LogP contribution is 2.45. The number of hydrogen-bond acceptors (Lipinski definition) is 10. The Kier molecular flexibility index (Phi) is 7.20. The van der Waals surface area contributed by atoms with E-state index in [0.717, 1.165) is 54.1 Å². The number of nitrogens with zero attached hydrogens (tertiary/aromatic N) is 6. The van der Waals surface area contributed by atoms with Gasteiger partial charge in [-0.2, -0.15) is 0 Å². The Morgan fingerprint density at radius 1 is 0.860 bits per heavy atom. The van der Waals surface area contributed by atoms with Crippen LogP contribution in [0.1, 0.15) is 43.7 Å². The fourth-order valence-corrected chi connectivity index (χ4v) is 7.43. The molecule has 0 amide bonds. The van der Waals surface area contributed by atoms with Crippen LogP contribution in [-0.4, -0.2) is 90.9 Å². The fourth-order valence-electron chi connectivity index (χ4n) is 7.43. The van der Waals surface area contributed by atoms with Crippen molar-refractivity contribution in [3.05, 3.63) is 60.4 Å². The van der Waals surface area contributed by atoms with E-state index in [4.69, 9.17) is 14.3 Å². The van der Waals surface area contributed by atoms with Gasteiger partial charge < -0.3 is 19.7 Å².